The number of fused-ring (bicyclic) bond motifs is 1. The van der Waals surface area contributed by atoms with Gasteiger partial charge in [0.1, 0.15) is 0 Å². The molecule has 1 aromatic rings. The maximum absolute atomic E-state index is 12.1. The Kier molecular flexibility index (Phi) is 6.45. The van der Waals surface area contributed by atoms with Gasteiger partial charge in [-0.1, -0.05) is 31.5 Å². The molecule has 0 saturated carbocycles. The lowest BCUT2D eigenvalue weighted by Crippen LogP contribution is -2.50. The molecule has 120 valence electrons. The van der Waals surface area contributed by atoms with Gasteiger partial charge in [0.25, 0.3) is 5.91 Å². The molecule has 5 nitrogen and oxygen atoms in total. The van der Waals surface area contributed by atoms with Crippen molar-refractivity contribution in [2.45, 2.75) is 32.6 Å². The van der Waals surface area contributed by atoms with E-state index in [1.807, 2.05) is 12.1 Å². The highest BCUT2D eigenvalue weighted by atomic mass is 32.1. The molecule has 2 rings (SSSR count). The van der Waals surface area contributed by atoms with E-state index in [0.717, 1.165) is 44.5 Å². The number of carbonyl (C=O) groups excluding carboxylic acids is 1. The van der Waals surface area contributed by atoms with Crippen molar-refractivity contribution < 1.29 is 4.79 Å². The molecule has 1 heterocycles. The zero-order valence-electron chi connectivity index (χ0n) is 13.0. The molecule has 6 heteroatoms. The number of unbranched alkanes of at least 4 members (excludes halogenated alkanes) is 1. The van der Waals surface area contributed by atoms with Gasteiger partial charge in [0.15, 0.2) is 5.11 Å². The smallest absolute Gasteiger partial charge is 0.257 e. The second kappa shape index (κ2) is 8.58. The summed E-state index contributed by atoms with van der Waals surface area (Å²) < 4.78 is 0. The largest absolute Gasteiger partial charge is 0.362 e. The van der Waals surface area contributed by atoms with Crippen molar-refractivity contribution in [3.8, 4) is 0 Å². The topological polar surface area (TPSA) is 56.4 Å². The van der Waals surface area contributed by atoms with Gasteiger partial charge in [-0.05, 0) is 43.1 Å². The Hall–Kier alpha value is -1.82. The van der Waals surface area contributed by atoms with E-state index < -0.39 is 0 Å². The van der Waals surface area contributed by atoms with E-state index in [2.05, 4.69) is 40.1 Å². The lowest BCUT2D eigenvalue weighted by atomic mass is 10.0. The molecule has 1 amide bonds. The van der Waals surface area contributed by atoms with Crippen molar-refractivity contribution in [2.75, 3.05) is 24.5 Å². The molecule has 0 spiro atoms. The lowest BCUT2D eigenvalue weighted by Gasteiger charge is -2.30. The molecule has 1 aliphatic rings. The van der Waals surface area contributed by atoms with Crippen LogP contribution in [0.25, 0.3) is 0 Å². The molecular weight excluding hydrogens is 296 g/mol. The molecule has 0 saturated heterocycles. The third-order valence-electron chi connectivity index (χ3n) is 3.67. The third-order valence-corrected chi connectivity index (χ3v) is 3.92. The van der Waals surface area contributed by atoms with Crippen LogP contribution in [0.3, 0.4) is 0 Å². The first-order chi connectivity index (χ1) is 10.7. The van der Waals surface area contributed by atoms with Crippen molar-refractivity contribution in [3.05, 3.63) is 29.8 Å². The van der Waals surface area contributed by atoms with Gasteiger partial charge in [-0.15, -0.1) is 0 Å². The fourth-order valence-electron chi connectivity index (χ4n) is 2.54. The van der Waals surface area contributed by atoms with E-state index in [4.69, 9.17) is 12.2 Å². The number of carbonyl (C=O) groups is 1. The van der Waals surface area contributed by atoms with Crippen LogP contribution in [0, 0.1) is 0 Å². The number of amides is 1. The molecule has 0 radical (unpaired) electrons. The average Bonchev–Trinajstić information content (AvgIpc) is 2.54. The Morgan fingerprint density at radius 1 is 1.32 bits per heavy atom. The molecule has 1 aromatic carbocycles. The number of anilines is 1. The van der Waals surface area contributed by atoms with Crippen LogP contribution in [0.2, 0.25) is 0 Å². The van der Waals surface area contributed by atoms with E-state index in [1.165, 1.54) is 5.56 Å². The molecule has 0 bridgehead atoms. The highest BCUT2D eigenvalue weighted by molar-refractivity contribution is 7.80. The van der Waals surface area contributed by atoms with Crippen LogP contribution in [0.5, 0.6) is 0 Å². The Bertz CT molecular complexity index is 521. The Labute approximate surface area is 137 Å². The summed E-state index contributed by atoms with van der Waals surface area (Å²) in [6, 6.07) is 8.26. The highest BCUT2D eigenvalue weighted by Crippen LogP contribution is 2.25. The first-order valence-electron chi connectivity index (χ1n) is 7.86. The zero-order chi connectivity index (χ0) is 15.8. The normalized spacial score (nSPS) is 13.2. The summed E-state index contributed by atoms with van der Waals surface area (Å²) in [5.41, 5.74) is 7.87. The number of para-hydroxylation sites is 1. The van der Waals surface area contributed by atoms with Crippen molar-refractivity contribution in [2.24, 2.45) is 0 Å². The third kappa shape index (κ3) is 4.87. The number of aryl methyl sites for hydroxylation is 1. The van der Waals surface area contributed by atoms with E-state index in [0.29, 0.717) is 11.7 Å². The number of nitrogens with one attached hydrogen (secondary N) is 3. The number of benzene rings is 1. The van der Waals surface area contributed by atoms with Gasteiger partial charge in [-0.25, -0.2) is 0 Å². The summed E-state index contributed by atoms with van der Waals surface area (Å²) in [6.07, 6.45) is 4.32. The summed E-state index contributed by atoms with van der Waals surface area (Å²) >= 11 is 5.10. The highest BCUT2D eigenvalue weighted by Gasteiger charge is 2.18. The second-order valence-corrected chi connectivity index (χ2v) is 5.84. The molecule has 1 aliphatic heterocycles. The van der Waals surface area contributed by atoms with Crippen molar-refractivity contribution in [3.63, 3.8) is 0 Å². The Morgan fingerprint density at radius 3 is 2.95 bits per heavy atom. The van der Waals surface area contributed by atoms with E-state index in [1.54, 1.807) is 0 Å². The minimum absolute atomic E-state index is 0.0867. The number of thiocarbonyl (C=S) groups is 1. The SMILES string of the molecule is CCCCNC(=S)NNC(=O)CN1CCCc2ccccc21. The van der Waals surface area contributed by atoms with E-state index in [9.17, 15) is 4.79 Å². The number of hydrogen-bond donors (Lipinski definition) is 3. The number of rotatable bonds is 5. The van der Waals surface area contributed by atoms with Gasteiger partial charge >= 0.3 is 0 Å². The van der Waals surface area contributed by atoms with Gasteiger partial charge < -0.3 is 10.2 Å². The Morgan fingerprint density at radius 2 is 2.14 bits per heavy atom. The van der Waals surface area contributed by atoms with Crippen LogP contribution >= 0.6 is 12.2 Å². The van der Waals surface area contributed by atoms with Crippen molar-refractivity contribution >= 4 is 28.9 Å². The maximum Gasteiger partial charge on any atom is 0.257 e. The summed E-state index contributed by atoms with van der Waals surface area (Å²) in [5, 5.41) is 3.51. The van der Waals surface area contributed by atoms with Crippen LogP contribution in [0.15, 0.2) is 24.3 Å². The molecule has 22 heavy (non-hydrogen) atoms. The average molecular weight is 320 g/mol. The Balaban J connectivity index is 1.77. The fourth-order valence-corrected chi connectivity index (χ4v) is 2.69. The maximum atomic E-state index is 12.1. The predicted molar refractivity (Wildman–Crippen MR) is 93.8 cm³/mol. The number of hydrazine groups is 1. The van der Waals surface area contributed by atoms with Crippen molar-refractivity contribution in [1.29, 1.82) is 0 Å². The van der Waals surface area contributed by atoms with Crippen LogP contribution < -0.4 is 21.1 Å². The van der Waals surface area contributed by atoms with E-state index >= 15 is 0 Å². The van der Waals surface area contributed by atoms with Gasteiger partial charge in [0.05, 0.1) is 6.54 Å². The monoisotopic (exact) mass is 320 g/mol. The number of hydrogen-bond acceptors (Lipinski definition) is 3. The van der Waals surface area contributed by atoms with Crippen LogP contribution in [-0.2, 0) is 11.2 Å². The van der Waals surface area contributed by atoms with E-state index in [-0.39, 0.29) is 5.91 Å². The zero-order valence-corrected chi connectivity index (χ0v) is 13.8. The summed E-state index contributed by atoms with van der Waals surface area (Å²) in [5.74, 6) is -0.0867. The molecule has 0 fully saturated rings. The van der Waals surface area contributed by atoms with Crippen molar-refractivity contribution in [1.82, 2.24) is 16.2 Å². The summed E-state index contributed by atoms with van der Waals surface area (Å²) in [6.45, 7) is 4.18. The lowest BCUT2D eigenvalue weighted by molar-refractivity contribution is -0.120. The second-order valence-electron chi connectivity index (χ2n) is 5.44. The van der Waals surface area contributed by atoms with Crippen LogP contribution in [0.4, 0.5) is 5.69 Å². The van der Waals surface area contributed by atoms with Gasteiger partial charge in [-0.3, -0.25) is 15.6 Å². The van der Waals surface area contributed by atoms with Gasteiger partial charge in [0.2, 0.25) is 0 Å². The molecule has 0 aromatic heterocycles. The predicted octanol–water partition coefficient (Wildman–Crippen LogP) is 1.73. The minimum Gasteiger partial charge on any atom is -0.362 e. The fraction of sp³-hybridized carbons (Fsp3) is 0.500. The van der Waals surface area contributed by atoms with Gasteiger partial charge in [0, 0.05) is 18.8 Å². The standard InChI is InChI=1S/C16H24N4OS/c1-2-3-10-17-16(22)19-18-15(21)12-20-11-6-8-13-7-4-5-9-14(13)20/h4-5,7,9H,2-3,6,8,10-12H2,1H3,(H,18,21)(H2,17,19,22). The molecule has 3 N–H and O–H groups in total. The van der Waals surface area contributed by atoms with Gasteiger partial charge in [-0.2, -0.15) is 0 Å². The van der Waals surface area contributed by atoms with Crippen LogP contribution in [-0.4, -0.2) is 30.7 Å². The number of nitrogens with zero attached hydrogens (tertiary/aromatic N) is 1. The summed E-state index contributed by atoms with van der Waals surface area (Å²) in [7, 11) is 0. The quantitative estimate of drug-likeness (QED) is 0.438. The first-order valence-corrected chi connectivity index (χ1v) is 8.27. The molecule has 0 aliphatic carbocycles. The van der Waals surface area contributed by atoms with Crippen LogP contribution in [0.1, 0.15) is 31.7 Å². The molecule has 0 unspecified atom stereocenters. The summed E-state index contributed by atoms with van der Waals surface area (Å²) in [4.78, 5) is 14.2. The first kappa shape index (κ1) is 16.5. The minimum atomic E-state index is -0.0867. The molecule has 0 atom stereocenters. The molecular formula is C16H24N4OS.